The minimum absolute atomic E-state index is 0.00741. The van der Waals surface area contributed by atoms with Crippen LogP contribution in [0.2, 0.25) is 0 Å². The number of hydrogen-bond acceptors (Lipinski definition) is 12. The molecule has 0 aromatic carbocycles. The Labute approximate surface area is 196 Å². The maximum absolute atomic E-state index is 12.5. The van der Waals surface area contributed by atoms with Crippen molar-refractivity contribution in [2.75, 3.05) is 25.6 Å². The lowest BCUT2D eigenvalue weighted by atomic mass is 10.1. The summed E-state index contributed by atoms with van der Waals surface area (Å²) in [5, 5.41) is 20.1. The van der Waals surface area contributed by atoms with Crippen LogP contribution in [0.15, 0.2) is 38.9 Å². The van der Waals surface area contributed by atoms with Crippen molar-refractivity contribution in [3.8, 4) is 0 Å². The molecule has 2 aromatic heterocycles. The van der Waals surface area contributed by atoms with Gasteiger partial charge in [-0.25, -0.2) is 14.2 Å². The number of aromatic amines is 1. The summed E-state index contributed by atoms with van der Waals surface area (Å²) in [7, 11) is -4.74. The number of aliphatic hydroxyl groups is 2. The van der Waals surface area contributed by atoms with Gasteiger partial charge in [0.05, 0.1) is 25.9 Å². The number of ether oxygens (including phenoxy) is 2. The number of nitrogens with zero attached hydrogens (tertiary/aromatic N) is 3. The monoisotopic (exact) mass is 517 g/mol. The first-order valence-corrected chi connectivity index (χ1v) is 12.0. The van der Waals surface area contributed by atoms with Crippen LogP contribution < -0.4 is 22.7 Å². The first-order valence-electron chi connectivity index (χ1n) is 10.5. The molecule has 0 saturated carbocycles. The van der Waals surface area contributed by atoms with E-state index in [2.05, 4.69) is 9.97 Å². The molecule has 2 aliphatic heterocycles. The molecular formula is C18H24N5O11P. The van der Waals surface area contributed by atoms with Gasteiger partial charge in [-0.15, -0.1) is 0 Å². The van der Waals surface area contributed by atoms with Gasteiger partial charge in [0.25, 0.3) is 5.56 Å². The number of H-pyrrole nitrogens is 1. The van der Waals surface area contributed by atoms with Gasteiger partial charge in [0, 0.05) is 24.9 Å². The Balaban J connectivity index is 1.37. The number of phosphoric ester groups is 1. The van der Waals surface area contributed by atoms with Gasteiger partial charge in [0.2, 0.25) is 0 Å². The maximum Gasteiger partial charge on any atom is 0.472 e. The Hall–Kier alpha value is -2.69. The fourth-order valence-electron chi connectivity index (χ4n) is 3.91. The standard InChI is InChI=1S/C18H24N5O11P/c19-13-1-3-23(17(27)20-13)15-5-10(11(6-24)33-15)34-35(29,30)32-8-12-16(26)9(7-31-12)22-4-2-14(25)21-18(22)28/h1-4,9-12,15-16,24,26H,5-8H2,(H,29,30)(H2,19,20,27)(H,21,25,28)/t9-,10+,11-,12-,15-,16+/m1/s1. The Morgan fingerprint density at radius 1 is 1.23 bits per heavy atom. The molecule has 16 nitrogen and oxygen atoms in total. The molecule has 2 aliphatic rings. The maximum atomic E-state index is 12.5. The number of phosphoric acid groups is 1. The molecular weight excluding hydrogens is 493 g/mol. The lowest BCUT2D eigenvalue weighted by Crippen LogP contribution is -2.38. The molecule has 0 bridgehead atoms. The topological polar surface area (TPSA) is 230 Å². The average Bonchev–Trinajstić information content (AvgIpc) is 3.35. The molecule has 2 saturated heterocycles. The van der Waals surface area contributed by atoms with Gasteiger partial charge in [-0.3, -0.25) is 28.0 Å². The quantitative estimate of drug-likeness (QED) is 0.228. The predicted octanol–water partition coefficient (Wildman–Crippen LogP) is -2.54. The minimum atomic E-state index is -4.74. The normalized spacial score (nSPS) is 30.4. The molecule has 0 aliphatic carbocycles. The van der Waals surface area contributed by atoms with Crippen LogP contribution in [0.3, 0.4) is 0 Å². The molecule has 6 N–H and O–H groups in total. The molecule has 4 heterocycles. The highest BCUT2D eigenvalue weighted by molar-refractivity contribution is 7.47. The SMILES string of the molecule is Nc1ccn([C@H]2C[C@H](OP(=O)(O)OC[C@H]3OC[C@@H](n4ccc(=O)[nH]c4=O)[C@@H]3O)[C@@H](CO)O2)c(=O)n1. The zero-order chi connectivity index (χ0) is 25.3. The highest BCUT2D eigenvalue weighted by atomic mass is 31.2. The molecule has 4 rings (SSSR count). The highest BCUT2D eigenvalue weighted by Crippen LogP contribution is 2.48. The third-order valence-electron chi connectivity index (χ3n) is 5.66. The molecule has 2 aromatic rings. The van der Waals surface area contributed by atoms with Crippen molar-refractivity contribution in [1.82, 2.24) is 19.1 Å². The van der Waals surface area contributed by atoms with Crippen LogP contribution in [0, 0.1) is 0 Å². The van der Waals surface area contributed by atoms with E-state index in [1.54, 1.807) is 0 Å². The molecule has 0 radical (unpaired) electrons. The number of aliphatic hydroxyl groups excluding tert-OH is 2. The average molecular weight is 517 g/mol. The molecule has 192 valence electrons. The number of aromatic nitrogens is 4. The number of nitrogens with one attached hydrogen (secondary N) is 1. The Morgan fingerprint density at radius 2 is 1.97 bits per heavy atom. The van der Waals surface area contributed by atoms with E-state index in [-0.39, 0.29) is 18.8 Å². The van der Waals surface area contributed by atoms with Crippen molar-refractivity contribution < 1.29 is 38.2 Å². The largest absolute Gasteiger partial charge is 0.472 e. The van der Waals surface area contributed by atoms with E-state index in [1.165, 1.54) is 18.5 Å². The van der Waals surface area contributed by atoms with E-state index in [0.717, 1.165) is 15.2 Å². The zero-order valence-electron chi connectivity index (χ0n) is 18.1. The van der Waals surface area contributed by atoms with Crippen molar-refractivity contribution in [2.24, 2.45) is 0 Å². The summed E-state index contributed by atoms with van der Waals surface area (Å²) in [6, 6.07) is 1.62. The van der Waals surface area contributed by atoms with Crippen molar-refractivity contribution in [3.63, 3.8) is 0 Å². The van der Waals surface area contributed by atoms with E-state index >= 15 is 0 Å². The number of rotatable bonds is 8. The van der Waals surface area contributed by atoms with Crippen LogP contribution in [0.4, 0.5) is 5.82 Å². The summed E-state index contributed by atoms with van der Waals surface area (Å²) in [5.74, 6) is 0.00741. The second kappa shape index (κ2) is 10.1. The van der Waals surface area contributed by atoms with Crippen molar-refractivity contribution >= 4 is 13.6 Å². The summed E-state index contributed by atoms with van der Waals surface area (Å²) >= 11 is 0. The minimum Gasteiger partial charge on any atom is -0.394 e. The molecule has 0 amide bonds. The molecule has 1 unspecified atom stereocenters. The molecule has 0 spiro atoms. The lowest BCUT2D eigenvalue weighted by molar-refractivity contribution is -0.0491. The first-order chi connectivity index (χ1) is 16.6. The van der Waals surface area contributed by atoms with Crippen LogP contribution in [0.5, 0.6) is 0 Å². The van der Waals surface area contributed by atoms with Crippen molar-refractivity contribution in [1.29, 1.82) is 0 Å². The van der Waals surface area contributed by atoms with E-state index in [4.69, 9.17) is 24.3 Å². The number of anilines is 1. The van der Waals surface area contributed by atoms with E-state index in [9.17, 15) is 34.1 Å². The first kappa shape index (κ1) is 25.4. The van der Waals surface area contributed by atoms with E-state index < -0.39 is 74.7 Å². The van der Waals surface area contributed by atoms with E-state index in [1.807, 2.05) is 0 Å². The molecule has 17 heteroatoms. The molecule has 7 atom stereocenters. The summed E-state index contributed by atoms with van der Waals surface area (Å²) in [5.41, 5.74) is 3.41. The smallest absolute Gasteiger partial charge is 0.394 e. The van der Waals surface area contributed by atoms with Gasteiger partial charge in [-0.2, -0.15) is 4.98 Å². The lowest BCUT2D eigenvalue weighted by Gasteiger charge is -2.22. The number of nitrogen functional groups attached to an aromatic ring is 1. The van der Waals surface area contributed by atoms with Crippen LogP contribution >= 0.6 is 7.82 Å². The van der Waals surface area contributed by atoms with Gasteiger partial charge in [0.1, 0.15) is 36.5 Å². The van der Waals surface area contributed by atoms with Crippen LogP contribution in [0.1, 0.15) is 18.7 Å². The highest BCUT2D eigenvalue weighted by Gasteiger charge is 2.43. The van der Waals surface area contributed by atoms with E-state index in [0.29, 0.717) is 0 Å². The van der Waals surface area contributed by atoms with Crippen LogP contribution in [-0.4, -0.2) is 78.4 Å². The molecule has 2 fully saturated rings. The second-order valence-corrected chi connectivity index (χ2v) is 9.35. The number of nitrogens with two attached hydrogens (primary N) is 1. The Bertz CT molecular complexity index is 1280. The Kier molecular flexibility index (Phi) is 7.35. The third-order valence-corrected chi connectivity index (χ3v) is 6.67. The fourth-order valence-corrected chi connectivity index (χ4v) is 4.87. The number of hydrogen-bond donors (Lipinski definition) is 5. The van der Waals surface area contributed by atoms with Gasteiger partial charge >= 0.3 is 19.2 Å². The predicted molar refractivity (Wildman–Crippen MR) is 115 cm³/mol. The van der Waals surface area contributed by atoms with Gasteiger partial charge in [0.15, 0.2) is 0 Å². The van der Waals surface area contributed by atoms with Crippen molar-refractivity contribution in [3.05, 3.63) is 55.8 Å². The Morgan fingerprint density at radius 3 is 2.66 bits per heavy atom. The molecule has 35 heavy (non-hydrogen) atoms. The van der Waals surface area contributed by atoms with Crippen LogP contribution in [0.25, 0.3) is 0 Å². The third kappa shape index (κ3) is 5.60. The summed E-state index contributed by atoms with van der Waals surface area (Å²) < 4.78 is 35.8. The van der Waals surface area contributed by atoms with Gasteiger partial charge in [-0.1, -0.05) is 0 Å². The van der Waals surface area contributed by atoms with Gasteiger partial charge < -0.3 is 30.3 Å². The zero-order valence-corrected chi connectivity index (χ0v) is 19.0. The summed E-state index contributed by atoms with van der Waals surface area (Å²) in [6.07, 6.45) is -3.01. The van der Waals surface area contributed by atoms with Crippen molar-refractivity contribution in [2.45, 2.75) is 43.1 Å². The van der Waals surface area contributed by atoms with Crippen LogP contribution in [-0.2, 0) is 23.1 Å². The second-order valence-electron chi connectivity index (χ2n) is 7.95. The summed E-state index contributed by atoms with van der Waals surface area (Å²) in [4.78, 5) is 51.1. The van der Waals surface area contributed by atoms with Gasteiger partial charge in [-0.05, 0) is 6.07 Å². The summed E-state index contributed by atoms with van der Waals surface area (Å²) in [6.45, 7) is -1.25. The fraction of sp³-hybridized carbons (Fsp3) is 0.556.